The van der Waals surface area contributed by atoms with Crippen LogP contribution in [-0.4, -0.2) is 11.9 Å². The van der Waals surface area contributed by atoms with Gasteiger partial charge >= 0.3 is 11.9 Å². The molecule has 1 heterocycles. The first-order valence-corrected chi connectivity index (χ1v) is 6.41. The smallest absolute Gasteiger partial charge is 0.320 e. The van der Waals surface area contributed by atoms with E-state index in [2.05, 4.69) is 22.0 Å². The molecule has 0 N–H and O–H groups in total. The third-order valence-corrected chi connectivity index (χ3v) is 4.19. The van der Waals surface area contributed by atoms with Gasteiger partial charge in [0.1, 0.15) is 0 Å². The summed E-state index contributed by atoms with van der Waals surface area (Å²) in [6.45, 7) is 0. The number of ether oxygens (including phenoxy) is 1. The summed E-state index contributed by atoms with van der Waals surface area (Å²) in [4.78, 5) is 23.0. The van der Waals surface area contributed by atoms with Gasteiger partial charge in [0.2, 0.25) is 0 Å². The van der Waals surface area contributed by atoms with Crippen LogP contribution in [0, 0.1) is 5.41 Å². The van der Waals surface area contributed by atoms with Crippen molar-refractivity contribution >= 4 is 27.9 Å². The molecule has 1 atom stereocenters. The third kappa shape index (κ3) is 1.71. The van der Waals surface area contributed by atoms with Gasteiger partial charge in [-0.2, -0.15) is 0 Å². The van der Waals surface area contributed by atoms with E-state index < -0.39 is 5.41 Å². The third-order valence-electron chi connectivity index (χ3n) is 3.69. The largest absolute Gasteiger partial charge is 0.393 e. The van der Waals surface area contributed by atoms with E-state index in [1.54, 1.807) is 0 Å². The molecular formula is C13H11BrO3. The van der Waals surface area contributed by atoms with Crippen molar-refractivity contribution in [1.82, 2.24) is 0 Å². The maximum Gasteiger partial charge on any atom is 0.320 e. The van der Waals surface area contributed by atoms with Crippen molar-refractivity contribution in [2.75, 3.05) is 0 Å². The molecule has 0 aromatic heterocycles. The van der Waals surface area contributed by atoms with Crippen LogP contribution in [0.15, 0.2) is 22.7 Å². The number of fused-ring (bicyclic) bond motifs is 1. The number of rotatable bonds is 0. The van der Waals surface area contributed by atoms with Crippen molar-refractivity contribution in [3.05, 3.63) is 33.8 Å². The average molecular weight is 295 g/mol. The molecule has 1 aromatic carbocycles. The minimum Gasteiger partial charge on any atom is -0.393 e. The summed E-state index contributed by atoms with van der Waals surface area (Å²) in [5, 5.41) is 0. The zero-order valence-electron chi connectivity index (χ0n) is 9.16. The summed E-state index contributed by atoms with van der Waals surface area (Å²) in [5.74, 6) is -0.716. The minimum atomic E-state index is -0.585. The second-order valence-corrected chi connectivity index (χ2v) is 5.72. The molecule has 0 amide bonds. The van der Waals surface area contributed by atoms with Crippen LogP contribution in [0.3, 0.4) is 0 Å². The fourth-order valence-corrected chi connectivity index (χ4v) is 3.16. The average Bonchev–Trinajstić information content (AvgIpc) is 2.54. The highest BCUT2D eigenvalue weighted by molar-refractivity contribution is 9.10. The van der Waals surface area contributed by atoms with Crippen LogP contribution >= 0.6 is 15.9 Å². The molecule has 17 heavy (non-hydrogen) atoms. The summed E-state index contributed by atoms with van der Waals surface area (Å²) in [6.07, 6.45) is 2.40. The molecule has 4 heteroatoms. The Morgan fingerprint density at radius 1 is 1.18 bits per heavy atom. The summed E-state index contributed by atoms with van der Waals surface area (Å²) < 4.78 is 5.76. The molecule has 1 fully saturated rings. The topological polar surface area (TPSA) is 43.4 Å². The summed E-state index contributed by atoms with van der Waals surface area (Å²) >= 11 is 3.44. The van der Waals surface area contributed by atoms with Gasteiger partial charge in [-0.15, -0.1) is 0 Å². The van der Waals surface area contributed by atoms with Gasteiger partial charge in [0, 0.05) is 4.47 Å². The van der Waals surface area contributed by atoms with E-state index in [9.17, 15) is 9.59 Å². The first-order valence-electron chi connectivity index (χ1n) is 5.61. The Bertz CT molecular complexity index is 523. The Balaban J connectivity index is 1.98. The number of halogens is 1. The van der Waals surface area contributed by atoms with Gasteiger partial charge in [0.25, 0.3) is 0 Å². The van der Waals surface area contributed by atoms with E-state index in [1.807, 2.05) is 12.1 Å². The quantitative estimate of drug-likeness (QED) is 0.545. The molecule has 3 rings (SSSR count). The van der Waals surface area contributed by atoms with Crippen LogP contribution in [-0.2, 0) is 27.2 Å². The second kappa shape index (κ2) is 3.67. The number of cyclic esters (lactones) is 2. The molecule has 1 spiro atoms. The lowest BCUT2D eigenvalue weighted by atomic mass is 9.71. The first-order chi connectivity index (χ1) is 8.09. The SMILES string of the molecule is O=C1CC2(CCc3cc(Br)ccc3C2)C(=O)O1. The summed E-state index contributed by atoms with van der Waals surface area (Å²) in [6, 6.07) is 6.08. The van der Waals surface area contributed by atoms with Crippen LogP contribution in [0.2, 0.25) is 0 Å². The Morgan fingerprint density at radius 3 is 2.71 bits per heavy atom. The van der Waals surface area contributed by atoms with E-state index in [-0.39, 0.29) is 18.4 Å². The standard InChI is InChI=1S/C13H11BrO3/c14-10-2-1-9-6-13(4-3-8(9)5-10)7-11(15)17-12(13)16/h1-2,5H,3-4,6-7H2. The van der Waals surface area contributed by atoms with Crippen molar-refractivity contribution in [2.24, 2.45) is 5.41 Å². The van der Waals surface area contributed by atoms with Crippen molar-refractivity contribution in [2.45, 2.75) is 25.7 Å². The van der Waals surface area contributed by atoms with Gasteiger partial charge < -0.3 is 4.74 Å². The Kier molecular flexibility index (Phi) is 2.36. The number of hydrogen-bond donors (Lipinski definition) is 0. The number of carbonyl (C=O) groups excluding carboxylic acids is 2. The maximum absolute atomic E-state index is 11.8. The van der Waals surface area contributed by atoms with Crippen molar-refractivity contribution in [3.63, 3.8) is 0 Å². The zero-order chi connectivity index (χ0) is 12.0. The lowest BCUT2D eigenvalue weighted by Gasteiger charge is -2.30. The Morgan fingerprint density at radius 2 is 2.00 bits per heavy atom. The second-order valence-electron chi connectivity index (χ2n) is 4.81. The van der Waals surface area contributed by atoms with E-state index in [0.717, 1.165) is 16.5 Å². The molecule has 1 aromatic rings. The van der Waals surface area contributed by atoms with Gasteiger partial charge in [0.05, 0.1) is 11.8 Å². The van der Waals surface area contributed by atoms with Crippen LogP contribution in [0.4, 0.5) is 0 Å². The number of carbonyl (C=O) groups is 2. The normalized spacial score (nSPS) is 27.1. The van der Waals surface area contributed by atoms with Gasteiger partial charge in [-0.25, -0.2) is 0 Å². The van der Waals surface area contributed by atoms with Crippen LogP contribution in [0.5, 0.6) is 0 Å². The first kappa shape index (κ1) is 11.0. The molecule has 0 radical (unpaired) electrons. The molecule has 3 nitrogen and oxygen atoms in total. The van der Waals surface area contributed by atoms with Gasteiger partial charge in [-0.1, -0.05) is 22.0 Å². The number of aryl methyl sites for hydroxylation is 1. The van der Waals surface area contributed by atoms with Gasteiger partial charge in [0.15, 0.2) is 0 Å². The Hall–Kier alpha value is -1.16. The monoisotopic (exact) mass is 294 g/mol. The molecule has 2 aliphatic rings. The summed E-state index contributed by atoms with van der Waals surface area (Å²) in [5.41, 5.74) is 1.83. The van der Waals surface area contributed by atoms with Crippen LogP contribution < -0.4 is 0 Å². The van der Waals surface area contributed by atoms with Crippen molar-refractivity contribution in [3.8, 4) is 0 Å². The molecular weight excluding hydrogens is 284 g/mol. The molecule has 1 saturated heterocycles. The molecule has 1 aliphatic heterocycles. The van der Waals surface area contributed by atoms with Crippen LogP contribution in [0.25, 0.3) is 0 Å². The van der Waals surface area contributed by atoms with E-state index in [1.165, 1.54) is 5.56 Å². The van der Waals surface area contributed by atoms with Crippen LogP contribution in [0.1, 0.15) is 24.0 Å². The minimum absolute atomic E-state index is 0.237. The molecule has 0 saturated carbocycles. The Labute approximate surface area is 107 Å². The summed E-state index contributed by atoms with van der Waals surface area (Å²) in [7, 11) is 0. The van der Waals surface area contributed by atoms with Crippen molar-refractivity contribution in [1.29, 1.82) is 0 Å². The predicted octanol–water partition coefficient (Wildman–Crippen LogP) is 2.40. The van der Waals surface area contributed by atoms with E-state index in [4.69, 9.17) is 4.74 Å². The van der Waals surface area contributed by atoms with E-state index in [0.29, 0.717) is 12.8 Å². The molecule has 0 bridgehead atoms. The number of benzene rings is 1. The number of esters is 2. The fraction of sp³-hybridized carbons (Fsp3) is 0.385. The lowest BCUT2D eigenvalue weighted by molar-refractivity contribution is -0.155. The predicted molar refractivity (Wildman–Crippen MR) is 64.3 cm³/mol. The highest BCUT2D eigenvalue weighted by Crippen LogP contribution is 2.43. The molecule has 1 unspecified atom stereocenters. The zero-order valence-corrected chi connectivity index (χ0v) is 10.7. The number of hydrogen-bond acceptors (Lipinski definition) is 3. The fourth-order valence-electron chi connectivity index (χ4n) is 2.75. The maximum atomic E-state index is 11.8. The van der Waals surface area contributed by atoms with E-state index >= 15 is 0 Å². The van der Waals surface area contributed by atoms with Gasteiger partial charge in [-0.3, -0.25) is 9.59 Å². The molecule has 88 valence electrons. The highest BCUT2D eigenvalue weighted by Gasteiger charge is 2.50. The molecule has 1 aliphatic carbocycles. The lowest BCUT2D eigenvalue weighted by Crippen LogP contribution is -2.33. The highest BCUT2D eigenvalue weighted by atomic mass is 79.9. The van der Waals surface area contributed by atoms with Crippen molar-refractivity contribution < 1.29 is 14.3 Å². The van der Waals surface area contributed by atoms with Gasteiger partial charge in [-0.05, 0) is 42.5 Å².